The molecule has 152 valence electrons. The molecule has 7 nitrogen and oxygen atoms in total. The lowest BCUT2D eigenvalue weighted by Gasteiger charge is -2.27. The van der Waals surface area contributed by atoms with Crippen molar-refractivity contribution in [3.05, 3.63) is 36.3 Å². The molecule has 1 fully saturated rings. The molecular formula is C21H26FN7. The van der Waals surface area contributed by atoms with Crippen molar-refractivity contribution in [3.63, 3.8) is 0 Å². The number of likely N-dealkylation sites (N-methyl/N-ethyl adjacent to an activating group) is 1. The first-order chi connectivity index (χ1) is 14.1. The third-order valence-electron chi connectivity index (χ3n) is 5.03. The fraction of sp³-hybridized carbons (Fsp3) is 0.429. The molecular weight excluding hydrogens is 369 g/mol. The summed E-state index contributed by atoms with van der Waals surface area (Å²) < 4.78 is 13.4. The van der Waals surface area contributed by atoms with Gasteiger partial charge in [-0.05, 0) is 57.6 Å². The number of halogens is 1. The Labute approximate surface area is 170 Å². The van der Waals surface area contributed by atoms with E-state index in [1.54, 1.807) is 12.1 Å². The summed E-state index contributed by atoms with van der Waals surface area (Å²) in [4.78, 5) is 23.1. The Morgan fingerprint density at radius 1 is 1.03 bits per heavy atom. The zero-order valence-corrected chi connectivity index (χ0v) is 16.9. The summed E-state index contributed by atoms with van der Waals surface area (Å²) in [6.45, 7) is 3.56. The number of aromatic nitrogens is 4. The van der Waals surface area contributed by atoms with Crippen LogP contribution in [0, 0.1) is 5.82 Å². The van der Waals surface area contributed by atoms with Gasteiger partial charge in [-0.15, -0.1) is 0 Å². The lowest BCUT2D eigenvalue weighted by atomic mass is 10.1. The van der Waals surface area contributed by atoms with E-state index in [9.17, 15) is 4.39 Å². The summed E-state index contributed by atoms with van der Waals surface area (Å²) in [5.74, 6) is 1.72. The Bertz CT molecular complexity index is 969. The molecule has 4 rings (SSSR count). The fourth-order valence-corrected chi connectivity index (χ4v) is 3.42. The van der Waals surface area contributed by atoms with Crippen molar-refractivity contribution in [3.8, 4) is 11.4 Å². The van der Waals surface area contributed by atoms with Gasteiger partial charge >= 0.3 is 0 Å². The molecule has 1 aliphatic rings. The first-order valence-corrected chi connectivity index (χ1v) is 10.0. The number of fused-ring (bicyclic) bond motifs is 1. The number of benzene rings is 1. The van der Waals surface area contributed by atoms with Crippen LogP contribution in [-0.4, -0.2) is 65.1 Å². The minimum Gasteiger partial charge on any atom is -0.367 e. The Balaban J connectivity index is 1.74. The number of nitrogens with zero attached hydrogens (tertiary/aromatic N) is 6. The number of piperidine rings is 1. The molecule has 0 aliphatic carbocycles. The highest BCUT2D eigenvalue weighted by Crippen LogP contribution is 2.25. The summed E-state index contributed by atoms with van der Waals surface area (Å²) in [7, 11) is 4.04. The monoisotopic (exact) mass is 395 g/mol. The highest BCUT2D eigenvalue weighted by Gasteiger charge is 2.17. The first-order valence-electron chi connectivity index (χ1n) is 10.0. The standard InChI is InChI=1S/C21H26FN7/c1-28(2)13-10-23-20-18-21(25-17(14-24-18)29-11-4-3-5-12-29)27-19(26-20)15-6-8-16(22)9-7-15/h6-9,14H,3-5,10-13H2,1-2H3,(H,23,25,26,27). The van der Waals surface area contributed by atoms with Crippen molar-refractivity contribution in [2.75, 3.05) is 50.5 Å². The van der Waals surface area contributed by atoms with E-state index in [1.165, 1.54) is 31.4 Å². The molecule has 8 heteroatoms. The van der Waals surface area contributed by atoms with Gasteiger partial charge in [-0.1, -0.05) is 0 Å². The van der Waals surface area contributed by atoms with E-state index in [1.807, 2.05) is 20.3 Å². The average Bonchev–Trinajstić information content (AvgIpc) is 2.74. The first kappa shape index (κ1) is 19.4. The molecule has 1 N–H and O–H groups in total. The Hall–Kier alpha value is -2.87. The molecule has 29 heavy (non-hydrogen) atoms. The zero-order valence-electron chi connectivity index (χ0n) is 16.9. The van der Waals surface area contributed by atoms with Crippen LogP contribution >= 0.6 is 0 Å². The molecule has 3 aromatic rings. The maximum absolute atomic E-state index is 13.4. The Morgan fingerprint density at radius 3 is 2.52 bits per heavy atom. The predicted octanol–water partition coefficient (Wildman–Crippen LogP) is 3.19. The number of hydrogen-bond acceptors (Lipinski definition) is 7. The largest absolute Gasteiger partial charge is 0.367 e. The van der Waals surface area contributed by atoms with Gasteiger partial charge in [0.05, 0.1) is 6.20 Å². The van der Waals surface area contributed by atoms with Crippen molar-refractivity contribution in [2.24, 2.45) is 0 Å². The summed E-state index contributed by atoms with van der Waals surface area (Å²) in [6, 6.07) is 6.19. The summed E-state index contributed by atoms with van der Waals surface area (Å²) in [6.07, 6.45) is 5.41. The number of nitrogens with one attached hydrogen (secondary N) is 1. The van der Waals surface area contributed by atoms with E-state index < -0.39 is 0 Å². The number of rotatable bonds is 6. The van der Waals surface area contributed by atoms with Crippen molar-refractivity contribution in [2.45, 2.75) is 19.3 Å². The highest BCUT2D eigenvalue weighted by molar-refractivity contribution is 5.85. The van der Waals surface area contributed by atoms with Gasteiger partial charge in [0.2, 0.25) is 0 Å². The molecule has 0 atom stereocenters. The van der Waals surface area contributed by atoms with Crippen LogP contribution in [0.4, 0.5) is 16.0 Å². The second-order valence-electron chi connectivity index (χ2n) is 7.58. The molecule has 3 heterocycles. The molecule has 0 amide bonds. The smallest absolute Gasteiger partial charge is 0.186 e. The molecule has 0 spiro atoms. The lowest BCUT2D eigenvalue weighted by molar-refractivity contribution is 0.425. The number of anilines is 2. The second kappa shape index (κ2) is 8.65. The summed E-state index contributed by atoms with van der Waals surface area (Å²) in [5, 5.41) is 3.36. The van der Waals surface area contributed by atoms with Gasteiger partial charge in [-0.3, -0.25) is 0 Å². The van der Waals surface area contributed by atoms with Gasteiger partial charge in [0.15, 0.2) is 22.8 Å². The van der Waals surface area contributed by atoms with Crippen molar-refractivity contribution < 1.29 is 4.39 Å². The molecule has 2 aromatic heterocycles. The quantitative estimate of drug-likeness (QED) is 0.687. The van der Waals surface area contributed by atoms with Crippen molar-refractivity contribution >= 4 is 22.8 Å². The van der Waals surface area contributed by atoms with Crippen LogP contribution in [0.5, 0.6) is 0 Å². The molecule has 1 aliphatic heterocycles. The van der Waals surface area contributed by atoms with Crippen molar-refractivity contribution in [1.29, 1.82) is 0 Å². The number of hydrogen-bond donors (Lipinski definition) is 1. The second-order valence-corrected chi connectivity index (χ2v) is 7.58. The van der Waals surface area contributed by atoms with Gasteiger partial charge < -0.3 is 15.1 Å². The van der Waals surface area contributed by atoms with Gasteiger partial charge in [0.25, 0.3) is 0 Å². The van der Waals surface area contributed by atoms with E-state index in [0.29, 0.717) is 22.8 Å². The van der Waals surface area contributed by atoms with E-state index in [4.69, 9.17) is 4.98 Å². The van der Waals surface area contributed by atoms with E-state index >= 15 is 0 Å². The van der Waals surface area contributed by atoms with Gasteiger partial charge in [-0.2, -0.15) is 0 Å². The Morgan fingerprint density at radius 2 is 1.79 bits per heavy atom. The predicted molar refractivity (Wildman–Crippen MR) is 114 cm³/mol. The van der Waals surface area contributed by atoms with Crippen LogP contribution in [-0.2, 0) is 0 Å². The fourth-order valence-electron chi connectivity index (χ4n) is 3.42. The highest BCUT2D eigenvalue weighted by atomic mass is 19.1. The minimum absolute atomic E-state index is 0.286. The third-order valence-corrected chi connectivity index (χ3v) is 5.03. The van der Waals surface area contributed by atoms with Crippen molar-refractivity contribution in [1.82, 2.24) is 24.8 Å². The van der Waals surface area contributed by atoms with Crippen LogP contribution in [0.2, 0.25) is 0 Å². The maximum atomic E-state index is 13.4. The van der Waals surface area contributed by atoms with E-state index in [0.717, 1.165) is 37.6 Å². The molecule has 0 radical (unpaired) electrons. The molecule has 0 bridgehead atoms. The minimum atomic E-state index is -0.286. The Kier molecular flexibility index (Phi) is 5.80. The van der Waals surface area contributed by atoms with E-state index in [2.05, 4.69) is 30.1 Å². The normalized spacial score (nSPS) is 14.6. The molecule has 0 unspecified atom stereocenters. The maximum Gasteiger partial charge on any atom is 0.186 e. The van der Waals surface area contributed by atoms with Crippen LogP contribution in [0.3, 0.4) is 0 Å². The molecule has 1 aromatic carbocycles. The zero-order chi connectivity index (χ0) is 20.2. The van der Waals surface area contributed by atoms with Crippen LogP contribution in [0.25, 0.3) is 22.6 Å². The third kappa shape index (κ3) is 4.59. The SMILES string of the molecule is CN(C)CCNc1nc(-c2ccc(F)cc2)nc2nc(N3CCCCC3)cnc12. The average molecular weight is 395 g/mol. The summed E-state index contributed by atoms with van der Waals surface area (Å²) in [5.41, 5.74) is 1.94. The van der Waals surface area contributed by atoms with Gasteiger partial charge in [0.1, 0.15) is 11.6 Å². The molecule has 0 saturated carbocycles. The van der Waals surface area contributed by atoms with Crippen LogP contribution in [0.15, 0.2) is 30.5 Å². The van der Waals surface area contributed by atoms with Gasteiger partial charge in [0, 0.05) is 31.7 Å². The summed E-state index contributed by atoms with van der Waals surface area (Å²) >= 11 is 0. The van der Waals surface area contributed by atoms with Crippen LogP contribution < -0.4 is 10.2 Å². The van der Waals surface area contributed by atoms with Gasteiger partial charge in [-0.25, -0.2) is 24.3 Å². The van der Waals surface area contributed by atoms with E-state index in [-0.39, 0.29) is 5.82 Å². The molecule has 1 saturated heterocycles. The lowest BCUT2D eigenvalue weighted by Crippen LogP contribution is -2.30. The van der Waals surface area contributed by atoms with Crippen LogP contribution in [0.1, 0.15) is 19.3 Å². The topological polar surface area (TPSA) is 70.1 Å².